The van der Waals surface area contributed by atoms with E-state index >= 15 is 0 Å². The van der Waals surface area contributed by atoms with E-state index in [9.17, 15) is 20.1 Å². The number of rotatable bonds is 4. The Bertz CT molecular complexity index is 680. The van der Waals surface area contributed by atoms with E-state index in [1.54, 1.807) is 0 Å². The number of carboxylic acid groups (broad SMARTS) is 1. The van der Waals surface area contributed by atoms with Gasteiger partial charge in [-0.05, 0) is 91.8 Å². The van der Waals surface area contributed by atoms with Crippen molar-refractivity contribution in [2.24, 2.45) is 45.8 Å². The molecular weight excluding hydrogens is 380 g/mol. The quantitative estimate of drug-likeness (QED) is 0.552. The van der Waals surface area contributed by atoms with E-state index in [0.717, 1.165) is 38.5 Å². The molecule has 0 aromatic rings. The van der Waals surface area contributed by atoms with Crippen molar-refractivity contribution in [2.75, 3.05) is 0 Å². The van der Waals surface area contributed by atoms with Gasteiger partial charge in [-0.25, -0.2) is 0 Å². The summed E-state index contributed by atoms with van der Waals surface area (Å²) in [5, 5.41) is 42.5. The van der Waals surface area contributed by atoms with E-state index in [4.69, 9.17) is 5.11 Å². The highest BCUT2D eigenvalue weighted by atomic mass is 16.4. The molecule has 172 valence electrons. The second-order valence-corrected chi connectivity index (χ2v) is 12.1. The van der Waals surface area contributed by atoms with Gasteiger partial charge in [-0.2, -0.15) is 0 Å². The Labute approximate surface area is 181 Å². The van der Waals surface area contributed by atoms with Crippen LogP contribution in [0.3, 0.4) is 0 Å². The molecule has 0 aromatic carbocycles. The molecular formula is C25H42O5. The summed E-state index contributed by atoms with van der Waals surface area (Å²) in [6.45, 7) is 9.02. The van der Waals surface area contributed by atoms with Gasteiger partial charge in [0.25, 0.3) is 0 Å². The molecule has 0 amide bonds. The molecule has 0 bridgehead atoms. The van der Waals surface area contributed by atoms with Crippen LogP contribution in [0.15, 0.2) is 0 Å². The van der Waals surface area contributed by atoms with E-state index in [2.05, 4.69) is 27.7 Å². The molecule has 3 unspecified atom stereocenters. The summed E-state index contributed by atoms with van der Waals surface area (Å²) in [5.41, 5.74) is -0.452. The Kier molecular flexibility index (Phi) is 5.60. The van der Waals surface area contributed by atoms with Gasteiger partial charge < -0.3 is 20.4 Å². The number of aliphatic hydroxyl groups excluding tert-OH is 3. The number of carboxylic acids is 1. The Morgan fingerprint density at radius 3 is 2.27 bits per heavy atom. The molecule has 0 aromatic heterocycles. The topological polar surface area (TPSA) is 98.0 Å². The lowest BCUT2D eigenvalue weighted by Gasteiger charge is -2.68. The second-order valence-electron chi connectivity index (χ2n) is 12.1. The summed E-state index contributed by atoms with van der Waals surface area (Å²) in [7, 11) is 0. The van der Waals surface area contributed by atoms with Crippen LogP contribution in [0.25, 0.3) is 0 Å². The maximum absolute atomic E-state index is 11.6. The van der Waals surface area contributed by atoms with Crippen molar-refractivity contribution in [3.8, 4) is 0 Å². The number of aliphatic carboxylic acids is 1. The van der Waals surface area contributed by atoms with Crippen molar-refractivity contribution in [1.82, 2.24) is 0 Å². The van der Waals surface area contributed by atoms with E-state index in [1.165, 1.54) is 0 Å². The minimum Gasteiger partial charge on any atom is -0.481 e. The molecule has 4 aliphatic carbocycles. The summed E-state index contributed by atoms with van der Waals surface area (Å²) >= 11 is 0. The maximum Gasteiger partial charge on any atom is 0.303 e. The predicted molar refractivity (Wildman–Crippen MR) is 115 cm³/mol. The van der Waals surface area contributed by atoms with Gasteiger partial charge in [0.2, 0.25) is 0 Å². The number of fused-ring (bicyclic) bond motifs is 5. The van der Waals surface area contributed by atoms with Crippen LogP contribution in [0.1, 0.15) is 85.5 Å². The lowest BCUT2D eigenvalue weighted by molar-refractivity contribution is -0.251. The highest BCUT2D eigenvalue weighted by molar-refractivity contribution is 5.66. The first kappa shape index (κ1) is 22.5. The van der Waals surface area contributed by atoms with Gasteiger partial charge in [-0.15, -0.1) is 0 Å². The van der Waals surface area contributed by atoms with Crippen molar-refractivity contribution in [3.63, 3.8) is 0 Å². The summed E-state index contributed by atoms with van der Waals surface area (Å²) in [6, 6.07) is 0. The summed E-state index contributed by atoms with van der Waals surface area (Å²) in [5.74, 6) is 0.611. The molecule has 0 radical (unpaired) electrons. The minimum atomic E-state index is -0.751. The lowest BCUT2D eigenvalue weighted by Crippen LogP contribution is -2.67. The van der Waals surface area contributed by atoms with E-state index in [0.29, 0.717) is 24.7 Å². The van der Waals surface area contributed by atoms with Gasteiger partial charge in [0.15, 0.2) is 0 Å². The molecule has 5 nitrogen and oxygen atoms in total. The highest BCUT2D eigenvalue weighted by Crippen LogP contribution is 2.72. The third-order valence-electron chi connectivity index (χ3n) is 11.0. The largest absolute Gasteiger partial charge is 0.481 e. The van der Waals surface area contributed by atoms with E-state index < -0.39 is 18.2 Å². The van der Waals surface area contributed by atoms with Crippen molar-refractivity contribution in [2.45, 2.75) is 104 Å². The molecule has 4 saturated carbocycles. The molecule has 0 aliphatic heterocycles. The average Bonchev–Trinajstić information content (AvgIpc) is 3.04. The first-order chi connectivity index (χ1) is 14.0. The van der Waals surface area contributed by atoms with Gasteiger partial charge in [0.05, 0.1) is 18.3 Å². The third-order valence-corrected chi connectivity index (χ3v) is 11.0. The van der Waals surface area contributed by atoms with Crippen molar-refractivity contribution < 1.29 is 25.2 Å². The molecule has 5 heteroatoms. The monoisotopic (exact) mass is 422 g/mol. The van der Waals surface area contributed by atoms with Gasteiger partial charge in [0, 0.05) is 11.8 Å². The van der Waals surface area contributed by atoms with Crippen LogP contribution in [-0.4, -0.2) is 44.7 Å². The normalized spacial score (nSPS) is 54.0. The highest BCUT2D eigenvalue weighted by Gasteiger charge is 2.70. The molecule has 0 heterocycles. The fourth-order valence-corrected chi connectivity index (χ4v) is 9.30. The summed E-state index contributed by atoms with van der Waals surface area (Å²) in [6.07, 6.45) is 5.78. The molecule has 4 aliphatic rings. The molecule has 4 fully saturated rings. The fraction of sp³-hybridized carbons (Fsp3) is 0.960. The van der Waals surface area contributed by atoms with Crippen molar-refractivity contribution in [3.05, 3.63) is 0 Å². The first-order valence-electron chi connectivity index (χ1n) is 12.2. The molecule has 4 N–H and O–H groups in total. The van der Waals surface area contributed by atoms with Crippen LogP contribution < -0.4 is 0 Å². The van der Waals surface area contributed by atoms with Crippen LogP contribution in [0.4, 0.5) is 0 Å². The number of hydrogen-bond donors (Lipinski definition) is 4. The smallest absolute Gasteiger partial charge is 0.303 e. The SMILES string of the molecule is C[C@H](CCC(=O)O)C1CCC2[C@]1(C)[C@@H](O)C[C@@H]1C3(C)CC[C@@H](O)C[C@H]3C[C@@H](O)[C@@]21C. The van der Waals surface area contributed by atoms with Crippen molar-refractivity contribution >= 4 is 5.97 Å². The Morgan fingerprint density at radius 1 is 0.933 bits per heavy atom. The fourth-order valence-electron chi connectivity index (χ4n) is 9.30. The van der Waals surface area contributed by atoms with E-state index in [1.807, 2.05) is 0 Å². The van der Waals surface area contributed by atoms with Crippen LogP contribution >= 0.6 is 0 Å². The van der Waals surface area contributed by atoms with Crippen LogP contribution in [-0.2, 0) is 4.79 Å². The number of hydrogen-bond acceptors (Lipinski definition) is 4. The van der Waals surface area contributed by atoms with Crippen LogP contribution in [0, 0.1) is 45.8 Å². The van der Waals surface area contributed by atoms with Gasteiger partial charge in [-0.3, -0.25) is 4.79 Å². The van der Waals surface area contributed by atoms with Crippen molar-refractivity contribution in [1.29, 1.82) is 0 Å². The number of carbonyl (C=O) groups is 1. The molecule has 0 spiro atoms. The molecule has 4 rings (SSSR count). The maximum atomic E-state index is 11.6. The van der Waals surface area contributed by atoms with Gasteiger partial charge >= 0.3 is 5.97 Å². The first-order valence-corrected chi connectivity index (χ1v) is 12.2. The molecule has 0 saturated heterocycles. The Balaban J connectivity index is 1.67. The van der Waals surface area contributed by atoms with Gasteiger partial charge in [-0.1, -0.05) is 27.7 Å². The zero-order chi connectivity index (χ0) is 22.1. The molecule has 30 heavy (non-hydrogen) atoms. The minimum absolute atomic E-state index is 0.0581. The summed E-state index contributed by atoms with van der Waals surface area (Å²) < 4.78 is 0. The average molecular weight is 423 g/mol. The zero-order valence-corrected chi connectivity index (χ0v) is 19.2. The zero-order valence-electron chi connectivity index (χ0n) is 19.2. The van der Waals surface area contributed by atoms with Gasteiger partial charge in [0.1, 0.15) is 0 Å². The van der Waals surface area contributed by atoms with Crippen LogP contribution in [0.2, 0.25) is 0 Å². The van der Waals surface area contributed by atoms with Crippen LogP contribution in [0.5, 0.6) is 0 Å². The van der Waals surface area contributed by atoms with E-state index in [-0.39, 0.29) is 46.5 Å². The third kappa shape index (κ3) is 3.02. The molecule has 11 atom stereocenters. The second kappa shape index (κ2) is 7.45. The summed E-state index contributed by atoms with van der Waals surface area (Å²) in [4.78, 5) is 11.1. The Morgan fingerprint density at radius 2 is 1.60 bits per heavy atom. The predicted octanol–water partition coefficient (Wildman–Crippen LogP) is 3.84. The lowest BCUT2D eigenvalue weighted by atomic mass is 9.38. The Hall–Kier alpha value is -0.650. The number of aliphatic hydroxyl groups is 3. The standard InChI is InChI=1S/C25H42O5/c1-14(5-8-22(29)30)17-6-7-18-24(17,3)21(28)13-19-23(2)10-9-16(26)11-15(23)12-20(27)25(18,19)4/h14-21,26-28H,5-13H2,1-4H3,(H,29,30)/t14-,15+,16-,17?,18?,19-,20-,21+,23?,24-,25+/m1/s1.